The zero-order valence-electron chi connectivity index (χ0n) is 16.4. The van der Waals surface area contributed by atoms with Crippen molar-refractivity contribution in [2.75, 3.05) is 13.1 Å². The number of amides is 1. The van der Waals surface area contributed by atoms with Crippen LogP contribution in [-0.2, 0) is 0 Å². The van der Waals surface area contributed by atoms with E-state index in [1.54, 1.807) is 0 Å². The molecule has 1 atom stereocenters. The minimum Gasteiger partial charge on any atom is -0.337 e. The number of rotatable bonds is 3. The second kappa shape index (κ2) is 7.90. The number of benzene rings is 3. The summed E-state index contributed by atoms with van der Waals surface area (Å²) in [4.78, 5) is 14.8. The first kappa shape index (κ1) is 18.9. The lowest BCUT2D eigenvalue weighted by atomic mass is 9.92. The Morgan fingerprint density at radius 3 is 2.28 bits per heavy atom. The monoisotopic (exact) mass is 381 g/mol. The van der Waals surface area contributed by atoms with Gasteiger partial charge in [-0.25, -0.2) is 0 Å². The Labute approximate surface area is 171 Å². The molecule has 1 amide bonds. The highest BCUT2D eigenvalue weighted by Crippen LogP contribution is 2.34. The fourth-order valence-corrected chi connectivity index (χ4v) is 3.78. The predicted octanol–water partition coefficient (Wildman–Crippen LogP) is 4.37. The van der Waals surface area contributed by atoms with E-state index in [9.17, 15) is 4.79 Å². The van der Waals surface area contributed by atoms with Crippen LogP contribution in [0.5, 0.6) is 0 Å². The van der Waals surface area contributed by atoms with Crippen LogP contribution < -0.4 is 5.73 Å². The predicted molar refractivity (Wildman–Crippen MR) is 115 cm³/mol. The van der Waals surface area contributed by atoms with Crippen molar-refractivity contribution in [2.45, 2.75) is 19.4 Å². The molecular weight excluding hydrogens is 358 g/mol. The second-order valence-corrected chi connectivity index (χ2v) is 7.62. The van der Waals surface area contributed by atoms with E-state index < -0.39 is 0 Å². The maximum atomic E-state index is 13.0. The normalized spacial score (nSPS) is 15.9. The number of carbonyl (C=O) groups is 1. The molecule has 144 valence electrons. The van der Waals surface area contributed by atoms with Crippen LogP contribution in [0.2, 0.25) is 0 Å². The fraction of sp³-hybridized carbons (Fsp3) is 0.200. The molecule has 4 rings (SSSR count). The lowest BCUT2D eigenvalue weighted by molar-refractivity contribution is 0.0791. The van der Waals surface area contributed by atoms with Gasteiger partial charge in [0.05, 0.1) is 11.6 Å². The van der Waals surface area contributed by atoms with E-state index in [1.807, 2.05) is 47.4 Å². The minimum atomic E-state index is 0.0169. The van der Waals surface area contributed by atoms with Crippen molar-refractivity contribution >= 4 is 5.91 Å². The molecule has 0 bridgehead atoms. The lowest BCUT2D eigenvalue weighted by Gasteiger charge is -2.18. The van der Waals surface area contributed by atoms with Crippen molar-refractivity contribution in [1.82, 2.24) is 4.90 Å². The molecule has 0 spiro atoms. The molecule has 3 aromatic carbocycles. The molecule has 0 saturated carbocycles. The van der Waals surface area contributed by atoms with E-state index in [0.29, 0.717) is 24.2 Å². The van der Waals surface area contributed by atoms with E-state index in [4.69, 9.17) is 11.0 Å². The van der Waals surface area contributed by atoms with Crippen molar-refractivity contribution in [3.05, 3.63) is 83.4 Å². The molecular formula is C25H23N3O. The average molecular weight is 381 g/mol. The smallest absolute Gasteiger partial charge is 0.253 e. The molecule has 4 heteroatoms. The van der Waals surface area contributed by atoms with Gasteiger partial charge in [-0.05, 0) is 59.9 Å². The van der Waals surface area contributed by atoms with Gasteiger partial charge in [-0.1, -0.05) is 48.0 Å². The molecule has 1 heterocycles. The van der Waals surface area contributed by atoms with Gasteiger partial charge < -0.3 is 10.6 Å². The highest BCUT2D eigenvalue weighted by atomic mass is 16.2. The third-order valence-corrected chi connectivity index (χ3v) is 5.47. The zero-order chi connectivity index (χ0) is 20.4. The Balaban J connectivity index is 1.79. The molecule has 0 aromatic heterocycles. The molecule has 1 saturated heterocycles. The number of likely N-dealkylation sites (tertiary alicyclic amines) is 1. The first-order valence-electron chi connectivity index (χ1n) is 9.81. The maximum Gasteiger partial charge on any atom is 0.253 e. The third-order valence-electron chi connectivity index (χ3n) is 5.47. The quantitative estimate of drug-likeness (QED) is 0.732. The van der Waals surface area contributed by atoms with Crippen LogP contribution in [0.3, 0.4) is 0 Å². The zero-order valence-corrected chi connectivity index (χ0v) is 16.4. The van der Waals surface area contributed by atoms with Crippen molar-refractivity contribution in [2.24, 2.45) is 5.73 Å². The van der Waals surface area contributed by atoms with Gasteiger partial charge in [0.15, 0.2) is 0 Å². The van der Waals surface area contributed by atoms with Crippen molar-refractivity contribution in [3.8, 4) is 28.3 Å². The Kier molecular flexibility index (Phi) is 5.16. The summed E-state index contributed by atoms with van der Waals surface area (Å²) in [6.07, 6.45) is 0.843. The van der Waals surface area contributed by atoms with Gasteiger partial charge in [0.2, 0.25) is 0 Å². The SMILES string of the molecule is Cc1ccc(-c2ccc(C(=O)N3CCC(N)C3)cc2-c2ccc(C#N)cc2)cc1. The number of hydrogen-bond acceptors (Lipinski definition) is 3. The number of carbonyl (C=O) groups excluding carboxylic acids is 1. The van der Waals surface area contributed by atoms with Crippen LogP contribution in [0.15, 0.2) is 66.7 Å². The number of nitrogens with two attached hydrogens (primary N) is 1. The highest BCUT2D eigenvalue weighted by molar-refractivity contribution is 5.98. The van der Waals surface area contributed by atoms with Gasteiger partial charge in [0.1, 0.15) is 0 Å². The van der Waals surface area contributed by atoms with E-state index in [0.717, 1.165) is 28.7 Å². The third kappa shape index (κ3) is 3.91. The van der Waals surface area contributed by atoms with Gasteiger partial charge in [-0.15, -0.1) is 0 Å². The fourth-order valence-electron chi connectivity index (χ4n) is 3.78. The van der Waals surface area contributed by atoms with Gasteiger partial charge in [0.25, 0.3) is 5.91 Å². The van der Waals surface area contributed by atoms with Gasteiger partial charge in [0, 0.05) is 24.7 Å². The highest BCUT2D eigenvalue weighted by Gasteiger charge is 2.25. The Morgan fingerprint density at radius 2 is 1.66 bits per heavy atom. The summed E-state index contributed by atoms with van der Waals surface area (Å²) < 4.78 is 0. The molecule has 3 aromatic rings. The molecule has 1 aliphatic heterocycles. The lowest BCUT2D eigenvalue weighted by Crippen LogP contribution is -2.31. The van der Waals surface area contributed by atoms with Crippen molar-refractivity contribution in [3.63, 3.8) is 0 Å². The second-order valence-electron chi connectivity index (χ2n) is 7.62. The van der Waals surface area contributed by atoms with Crippen molar-refractivity contribution < 1.29 is 4.79 Å². The Hall–Kier alpha value is -3.42. The van der Waals surface area contributed by atoms with Crippen LogP contribution in [-0.4, -0.2) is 29.9 Å². The first-order valence-corrected chi connectivity index (χ1v) is 9.81. The van der Waals surface area contributed by atoms with E-state index in [1.165, 1.54) is 5.56 Å². The summed E-state index contributed by atoms with van der Waals surface area (Å²) in [6.45, 7) is 3.37. The number of aryl methyl sites for hydroxylation is 1. The summed E-state index contributed by atoms with van der Waals surface area (Å²) in [6, 6.07) is 23.9. The average Bonchev–Trinajstić information content (AvgIpc) is 3.20. The van der Waals surface area contributed by atoms with Gasteiger partial charge in [-0.2, -0.15) is 5.26 Å². The van der Waals surface area contributed by atoms with Crippen LogP contribution in [0.1, 0.15) is 27.9 Å². The topological polar surface area (TPSA) is 70.1 Å². The summed E-state index contributed by atoms with van der Waals surface area (Å²) >= 11 is 0. The molecule has 4 nitrogen and oxygen atoms in total. The first-order chi connectivity index (χ1) is 14.0. The summed E-state index contributed by atoms with van der Waals surface area (Å²) in [7, 11) is 0. The summed E-state index contributed by atoms with van der Waals surface area (Å²) in [5.74, 6) is 0.0169. The van der Waals surface area contributed by atoms with Crippen LogP contribution in [0, 0.1) is 18.3 Å². The molecule has 2 N–H and O–H groups in total. The van der Waals surface area contributed by atoms with Gasteiger partial charge in [-0.3, -0.25) is 4.79 Å². The molecule has 0 aliphatic carbocycles. The van der Waals surface area contributed by atoms with Crippen LogP contribution in [0.25, 0.3) is 22.3 Å². The Bertz CT molecular complexity index is 1080. The molecule has 1 unspecified atom stereocenters. The summed E-state index contributed by atoms with van der Waals surface area (Å²) in [5, 5.41) is 9.11. The number of nitriles is 1. The molecule has 0 radical (unpaired) electrons. The summed E-state index contributed by atoms with van der Waals surface area (Å²) in [5.41, 5.74) is 12.6. The van der Waals surface area contributed by atoms with Crippen molar-refractivity contribution in [1.29, 1.82) is 5.26 Å². The largest absolute Gasteiger partial charge is 0.337 e. The molecule has 1 fully saturated rings. The minimum absolute atomic E-state index is 0.0169. The van der Waals surface area contributed by atoms with E-state index in [2.05, 4.69) is 37.3 Å². The van der Waals surface area contributed by atoms with Crippen LogP contribution >= 0.6 is 0 Å². The number of nitrogens with zero attached hydrogens (tertiary/aromatic N) is 2. The maximum absolute atomic E-state index is 13.0. The van der Waals surface area contributed by atoms with E-state index in [-0.39, 0.29) is 11.9 Å². The molecule has 1 aliphatic rings. The number of hydrogen-bond donors (Lipinski definition) is 1. The Morgan fingerprint density at radius 1 is 1.00 bits per heavy atom. The van der Waals surface area contributed by atoms with E-state index >= 15 is 0 Å². The molecule has 29 heavy (non-hydrogen) atoms. The van der Waals surface area contributed by atoms with Gasteiger partial charge >= 0.3 is 0 Å². The van der Waals surface area contributed by atoms with Crippen LogP contribution in [0.4, 0.5) is 0 Å². The standard InChI is InChI=1S/C25H23N3O/c1-17-2-6-19(7-3-17)23-11-10-21(25(29)28-13-12-22(27)16-28)14-24(23)20-8-4-18(15-26)5-9-20/h2-11,14,22H,12-13,16,27H2,1H3.